The highest BCUT2D eigenvalue weighted by atomic mass is 16.5. The summed E-state index contributed by atoms with van der Waals surface area (Å²) in [5, 5.41) is 14.1. The van der Waals surface area contributed by atoms with Gasteiger partial charge < -0.3 is 20.0 Å². The van der Waals surface area contributed by atoms with Crippen LogP contribution in [0.2, 0.25) is 0 Å². The lowest BCUT2D eigenvalue weighted by Crippen LogP contribution is -2.42. The van der Waals surface area contributed by atoms with Crippen LogP contribution in [0.25, 0.3) is 0 Å². The van der Waals surface area contributed by atoms with Gasteiger partial charge in [0, 0.05) is 17.6 Å². The molecule has 23 heavy (non-hydrogen) atoms. The van der Waals surface area contributed by atoms with Crippen LogP contribution in [0, 0.1) is 23.7 Å². The number of methoxy groups -OCH3 is 1. The Kier molecular flexibility index (Phi) is 3.90. The van der Waals surface area contributed by atoms with Gasteiger partial charge in [0.1, 0.15) is 0 Å². The molecular weight excluding hydrogens is 298 g/mol. The largest absolute Gasteiger partial charge is 0.550 e. The number of carboxylic acids is 1. The number of amides is 1. The lowest BCUT2D eigenvalue weighted by molar-refractivity contribution is -0.313. The predicted molar refractivity (Wildman–Crippen MR) is 79.1 cm³/mol. The van der Waals surface area contributed by atoms with E-state index in [1.165, 1.54) is 7.11 Å². The second-order valence-corrected chi connectivity index (χ2v) is 5.88. The molecule has 0 saturated heterocycles. The van der Waals surface area contributed by atoms with Crippen LogP contribution < -0.4 is 10.4 Å². The van der Waals surface area contributed by atoms with Gasteiger partial charge in [0.25, 0.3) is 0 Å². The summed E-state index contributed by atoms with van der Waals surface area (Å²) in [7, 11) is 1.29. The minimum Gasteiger partial charge on any atom is -0.550 e. The van der Waals surface area contributed by atoms with E-state index in [1.54, 1.807) is 24.3 Å². The number of hydrogen-bond acceptors (Lipinski definition) is 5. The zero-order valence-electron chi connectivity index (χ0n) is 12.5. The zero-order chi connectivity index (χ0) is 16.6. The summed E-state index contributed by atoms with van der Waals surface area (Å²) >= 11 is 0. The van der Waals surface area contributed by atoms with Crippen molar-refractivity contribution in [3.8, 4) is 0 Å². The Bertz CT molecular complexity index is 679. The second kappa shape index (κ2) is 5.87. The first-order chi connectivity index (χ1) is 11.0. The highest BCUT2D eigenvalue weighted by molar-refractivity contribution is 5.97. The van der Waals surface area contributed by atoms with Crippen molar-refractivity contribution in [2.24, 2.45) is 23.7 Å². The van der Waals surface area contributed by atoms with Crippen molar-refractivity contribution in [2.45, 2.75) is 6.42 Å². The average molecular weight is 314 g/mol. The SMILES string of the molecule is COC(=O)c1ccc(NC(=O)[C@@H]2[C@@H](C(=O)[O-])[C@H]3C=C[C@@H]2C3)cc1. The van der Waals surface area contributed by atoms with Gasteiger partial charge in [-0.3, -0.25) is 4.79 Å². The minimum absolute atomic E-state index is 0.0581. The first-order valence-electron chi connectivity index (χ1n) is 7.39. The van der Waals surface area contributed by atoms with Gasteiger partial charge in [0.2, 0.25) is 5.91 Å². The Balaban J connectivity index is 1.73. The summed E-state index contributed by atoms with van der Waals surface area (Å²) in [6.07, 6.45) is 4.45. The Morgan fingerprint density at radius 2 is 1.70 bits per heavy atom. The van der Waals surface area contributed by atoms with Crippen LogP contribution in [-0.2, 0) is 14.3 Å². The predicted octanol–water partition coefficient (Wildman–Crippen LogP) is 0.600. The van der Waals surface area contributed by atoms with Gasteiger partial charge in [-0.15, -0.1) is 0 Å². The van der Waals surface area contributed by atoms with E-state index < -0.39 is 23.8 Å². The number of carboxylic acid groups (broad SMARTS) is 1. The maximum absolute atomic E-state index is 12.5. The molecule has 0 aromatic heterocycles. The normalized spacial score (nSPS) is 27.7. The van der Waals surface area contributed by atoms with E-state index in [9.17, 15) is 19.5 Å². The molecule has 1 amide bonds. The first kappa shape index (κ1) is 15.3. The molecular formula is C17H16NO5-. The number of ether oxygens (including phenoxy) is 1. The van der Waals surface area contributed by atoms with Crippen molar-refractivity contribution in [1.82, 2.24) is 0 Å². The van der Waals surface area contributed by atoms with Gasteiger partial charge in [-0.25, -0.2) is 4.79 Å². The molecule has 0 aliphatic heterocycles. The van der Waals surface area contributed by atoms with Crippen molar-refractivity contribution in [1.29, 1.82) is 0 Å². The Morgan fingerprint density at radius 3 is 2.26 bits per heavy atom. The molecule has 2 aliphatic carbocycles. The van der Waals surface area contributed by atoms with Crippen molar-refractivity contribution < 1.29 is 24.2 Å². The summed E-state index contributed by atoms with van der Waals surface area (Å²) in [6, 6.07) is 6.25. The van der Waals surface area contributed by atoms with Crippen molar-refractivity contribution in [2.75, 3.05) is 12.4 Å². The average Bonchev–Trinajstić information content (AvgIpc) is 3.15. The van der Waals surface area contributed by atoms with Gasteiger partial charge >= 0.3 is 5.97 Å². The third-order valence-corrected chi connectivity index (χ3v) is 4.61. The van der Waals surface area contributed by atoms with E-state index in [1.807, 2.05) is 12.2 Å². The van der Waals surface area contributed by atoms with Crippen LogP contribution in [-0.4, -0.2) is 25.0 Å². The molecule has 1 saturated carbocycles. The molecule has 4 atom stereocenters. The Hall–Kier alpha value is -2.63. The van der Waals surface area contributed by atoms with Crippen LogP contribution in [0.3, 0.4) is 0 Å². The number of carbonyl (C=O) groups is 3. The van der Waals surface area contributed by atoms with E-state index in [4.69, 9.17) is 0 Å². The van der Waals surface area contributed by atoms with Crippen molar-refractivity contribution in [3.63, 3.8) is 0 Å². The summed E-state index contributed by atoms with van der Waals surface area (Å²) in [6.45, 7) is 0. The maximum atomic E-state index is 12.5. The lowest BCUT2D eigenvalue weighted by atomic mass is 9.82. The summed E-state index contributed by atoms with van der Waals surface area (Å²) in [5.41, 5.74) is 0.882. The first-order valence-corrected chi connectivity index (χ1v) is 7.39. The minimum atomic E-state index is -1.18. The highest BCUT2D eigenvalue weighted by Crippen LogP contribution is 2.48. The van der Waals surface area contributed by atoms with Crippen molar-refractivity contribution in [3.05, 3.63) is 42.0 Å². The second-order valence-electron chi connectivity index (χ2n) is 5.88. The molecule has 3 rings (SSSR count). The van der Waals surface area contributed by atoms with E-state index >= 15 is 0 Å². The fourth-order valence-electron chi connectivity index (χ4n) is 3.53. The molecule has 1 N–H and O–H groups in total. The van der Waals surface area contributed by atoms with Gasteiger partial charge in [-0.05, 0) is 42.5 Å². The lowest BCUT2D eigenvalue weighted by Gasteiger charge is -2.27. The number of nitrogens with one attached hydrogen (secondary N) is 1. The van der Waals surface area contributed by atoms with Gasteiger partial charge in [0.05, 0.1) is 18.6 Å². The van der Waals surface area contributed by atoms with Gasteiger partial charge in [-0.2, -0.15) is 0 Å². The number of hydrogen-bond donors (Lipinski definition) is 1. The van der Waals surface area contributed by atoms with E-state index in [0.29, 0.717) is 17.7 Å². The van der Waals surface area contributed by atoms with Gasteiger partial charge in [-0.1, -0.05) is 12.2 Å². The third-order valence-electron chi connectivity index (χ3n) is 4.61. The van der Waals surface area contributed by atoms with Crippen LogP contribution in [0.1, 0.15) is 16.8 Å². The molecule has 6 heteroatoms. The molecule has 0 unspecified atom stereocenters. The number of anilines is 1. The fourth-order valence-corrected chi connectivity index (χ4v) is 3.53. The number of allylic oxidation sites excluding steroid dienone is 2. The number of rotatable bonds is 4. The van der Waals surface area contributed by atoms with Crippen LogP contribution in [0.15, 0.2) is 36.4 Å². The highest BCUT2D eigenvalue weighted by Gasteiger charge is 2.48. The molecule has 2 bridgehead atoms. The molecule has 120 valence electrons. The molecule has 1 aromatic rings. The number of aliphatic carboxylic acids is 1. The topological polar surface area (TPSA) is 95.5 Å². The molecule has 1 aromatic carbocycles. The molecule has 2 aliphatic rings. The molecule has 1 fully saturated rings. The number of esters is 1. The van der Waals surface area contributed by atoms with Crippen LogP contribution >= 0.6 is 0 Å². The van der Waals surface area contributed by atoms with Crippen LogP contribution in [0.4, 0.5) is 5.69 Å². The number of carbonyl (C=O) groups excluding carboxylic acids is 3. The van der Waals surface area contributed by atoms with Gasteiger partial charge in [0.15, 0.2) is 0 Å². The van der Waals surface area contributed by atoms with Crippen LogP contribution in [0.5, 0.6) is 0 Å². The Labute approximate surface area is 133 Å². The number of benzene rings is 1. The summed E-state index contributed by atoms with van der Waals surface area (Å²) in [5.74, 6) is -3.54. The fraction of sp³-hybridized carbons (Fsp3) is 0.353. The third kappa shape index (κ3) is 2.72. The molecule has 0 spiro atoms. The molecule has 6 nitrogen and oxygen atoms in total. The van der Waals surface area contributed by atoms with E-state index in [2.05, 4.69) is 10.1 Å². The standard InChI is InChI=1S/C17H17NO5/c1-23-17(22)9-4-6-12(7-5-9)18-15(19)13-10-2-3-11(8-10)14(13)16(20)21/h2-7,10-11,13-14H,8H2,1H3,(H,18,19)(H,20,21)/p-1/t10-,11+,13+,14+/m1/s1. The smallest absolute Gasteiger partial charge is 0.337 e. The molecule has 0 radical (unpaired) electrons. The van der Waals surface area contributed by atoms with Crippen molar-refractivity contribution >= 4 is 23.5 Å². The number of fused-ring (bicyclic) bond motifs is 2. The quantitative estimate of drug-likeness (QED) is 0.648. The summed E-state index contributed by atoms with van der Waals surface area (Å²) < 4.78 is 4.61. The maximum Gasteiger partial charge on any atom is 0.337 e. The molecule has 0 heterocycles. The zero-order valence-corrected chi connectivity index (χ0v) is 12.5. The Morgan fingerprint density at radius 1 is 1.09 bits per heavy atom. The monoisotopic (exact) mass is 314 g/mol. The summed E-state index contributed by atoms with van der Waals surface area (Å²) in [4.78, 5) is 35.2. The van der Waals surface area contributed by atoms with E-state index in [-0.39, 0.29) is 17.7 Å². The van der Waals surface area contributed by atoms with E-state index in [0.717, 1.165) is 0 Å².